The number of hydrogen-bond donors (Lipinski definition) is 1. The molecule has 0 radical (unpaired) electrons. The van der Waals surface area contributed by atoms with Gasteiger partial charge in [0.1, 0.15) is 0 Å². The van der Waals surface area contributed by atoms with Crippen molar-refractivity contribution >= 4 is 11.8 Å². The summed E-state index contributed by atoms with van der Waals surface area (Å²) in [4.78, 5) is 23.9. The van der Waals surface area contributed by atoms with E-state index in [4.69, 9.17) is 0 Å². The number of nitrogens with one attached hydrogen (secondary N) is 1. The van der Waals surface area contributed by atoms with E-state index in [2.05, 4.69) is 45.1 Å². The molecule has 1 N–H and O–H groups in total. The average Bonchev–Trinajstić information content (AvgIpc) is 2.35. The van der Waals surface area contributed by atoms with Crippen molar-refractivity contribution in [2.75, 3.05) is 0 Å². The fourth-order valence-electron chi connectivity index (χ4n) is 3.09. The maximum atomic E-state index is 12.2. The Balaban J connectivity index is 2.40. The Morgan fingerprint density at radius 3 is 2.60 bits per heavy atom. The minimum atomic E-state index is -0.152. The largest absolute Gasteiger partial charge is 0.296 e. The fraction of sp³-hybridized carbons (Fsp3) is 0.529. The minimum absolute atomic E-state index is 0.0125. The quantitative estimate of drug-likeness (QED) is 0.860. The van der Waals surface area contributed by atoms with Gasteiger partial charge in [0.25, 0.3) is 0 Å². The van der Waals surface area contributed by atoms with Gasteiger partial charge < -0.3 is 0 Å². The van der Waals surface area contributed by atoms with E-state index in [9.17, 15) is 9.59 Å². The highest BCUT2D eigenvalue weighted by Gasteiger charge is 2.37. The molecule has 1 aliphatic heterocycles. The molecule has 20 heavy (non-hydrogen) atoms. The number of imide groups is 1. The molecular formula is C17H23NO2. The van der Waals surface area contributed by atoms with E-state index < -0.39 is 0 Å². The Morgan fingerprint density at radius 2 is 1.95 bits per heavy atom. The highest BCUT2D eigenvalue weighted by atomic mass is 16.2. The fourth-order valence-corrected chi connectivity index (χ4v) is 3.09. The summed E-state index contributed by atoms with van der Waals surface area (Å²) < 4.78 is 0. The SMILES string of the molecule is Cc1cccc(C2CC(=O)NC(=O)C2CC(C)C)c1C. The van der Waals surface area contributed by atoms with Crippen LogP contribution >= 0.6 is 0 Å². The van der Waals surface area contributed by atoms with Crippen LogP contribution in [0.3, 0.4) is 0 Å². The lowest BCUT2D eigenvalue weighted by molar-refractivity contribution is -0.137. The van der Waals surface area contributed by atoms with Crippen LogP contribution in [0.1, 0.15) is 49.3 Å². The first-order chi connectivity index (χ1) is 9.40. The van der Waals surface area contributed by atoms with Gasteiger partial charge in [0.05, 0.1) is 0 Å². The van der Waals surface area contributed by atoms with E-state index in [0.29, 0.717) is 12.3 Å². The molecule has 1 aliphatic rings. The maximum absolute atomic E-state index is 12.2. The van der Waals surface area contributed by atoms with E-state index >= 15 is 0 Å². The predicted molar refractivity (Wildman–Crippen MR) is 79.4 cm³/mol. The molecule has 1 saturated heterocycles. The van der Waals surface area contributed by atoms with Crippen molar-refractivity contribution in [1.29, 1.82) is 0 Å². The van der Waals surface area contributed by atoms with E-state index in [1.54, 1.807) is 0 Å². The normalized spacial score (nSPS) is 23.1. The number of benzene rings is 1. The minimum Gasteiger partial charge on any atom is -0.296 e. The smallest absolute Gasteiger partial charge is 0.230 e. The van der Waals surface area contributed by atoms with Gasteiger partial charge in [0.15, 0.2) is 0 Å². The summed E-state index contributed by atoms with van der Waals surface area (Å²) in [5.74, 6) is 0.0834. The molecule has 0 aliphatic carbocycles. The first-order valence-electron chi connectivity index (χ1n) is 7.30. The van der Waals surface area contributed by atoms with Gasteiger partial charge in [-0.2, -0.15) is 0 Å². The summed E-state index contributed by atoms with van der Waals surface area (Å²) in [5, 5.41) is 2.49. The molecule has 2 rings (SSSR count). The summed E-state index contributed by atoms with van der Waals surface area (Å²) in [6, 6.07) is 6.15. The van der Waals surface area contributed by atoms with Gasteiger partial charge in [0.2, 0.25) is 11.8 Å². The lowest BCUT2D eigenvalue weighted by Gasteiger charge is -2.32. The Labute approximate surface area is 120 Å². The van der Waals surface area contributed by atoms with Gasteiger partial charge in [0, 0.05) is 18.3 Å². The average molecular weight is 273 g/mol. The van der Waals surface area contributed by atoms with Gasteiger partial charge in [-0.15, -0.1) is 0 Å². The van der Waals surface area contributed by atoms with E-state index in [0.717, 1.165) is 12.0 Å². The molecular weight excluding hydrogens is 250 g/mol. The summed E-state index contributed by atoms with van der Waals surface area (Å²) in [5.41, 5.74) is 3.57. The molecule has 3 nitrogen and oxygen atoms in total. The van der Waals surface area contributed by atoms with Crippen molar-refractivity contribution in [3.63, 3.8) is 0 Å². The second kappa shape index (κ2) is 5.78. The lowest BCUT2D eigenvalue weighted by Crippen LogP contribution is -2.45. The van der Waals surface area contributed by atoms with E-state index in [-0.39, 0.29) is 23.7 Å². The topological polar surface area (TPSA) is 46.2 Å². The Kier molecular flexibility index (Phi) is 4.26. The number of amides is 2. The van der Waals surface area contributed by atoms with Crippen molar-refractivity contribution in [3.8, 4) is 0 Å². The number of hydrogen-bond acceptors (Lipinski definition) is 2. The molecule has 2 unspecified atom stereocenters. The Hall–Kier alpha value is -1.64. The van der Waals surface area contributed by atoms with E-state index in [1.165, 1.54) is 11.1 Å². The number of rotatable bonds is 3. The number of piperidine rings is 1. The van der Waals surface area contributed by atoms with Crippen molar-refractivity contribution in [1.82, 2.24) is 5.32 Å². The number of carbonyl (C=O) groups is 2. The second-order valence-corrected chi connectivity index (χ2v) is 6.25. The first-order valence-corrected chi connectivity index (χ1v) is 7.30. The molecule has 0 spiro atoms. The summed E-state index contributed by atoms with van der Waals surface area (Å²) in [7, 11) is 0. The van der Waals surface area contributed by atoms with Crippen molar-refractivity contribution in [3.05, 3.63) is 34.9 Å². The molecule has 1 aromatic rings. The molecule has 2 atom stereocenters. The number of carbonyl (C=O) groups excluding carboxylic acids is 2. The lowest BCUT2D eigenvalue weighted by atomic mass is 9.75. The standard InChI is InChI=1S/C17H23NO2/c1-10(2)8-15-14(9-16(19)18-17(15)20)13-7-5-6-11(3)12(13)4/h5-7,10,14-15H,8-9H2,1-4H3,(H,18,19,20). The third-order valence-corrected chi connectivity index (χ3v) is 4.26. The van der Waals surface area contributed by atoms with Gasteiger partial charge in [-0.3, -0.25) is 14.9 Å². The molecule has 108 valence electrons. The summed E-state index contributed by atoms with van der Waals surface area (Å²) >= 11 is 0. The second-order valence-electron chi connectivity index (χ2n) is 6.25. The highest BCUT2D eigenvalue weighted by Crippen LogP contribution is 2.37. The van der Waals surface area contributed by atoms with Crippen LogP contribution in [0, 0.1) is 25.7 Å². The van der Waals surface area contributed by atoms with Crippen molar-refractivity contribution < 1.29 is 9.59 Å². The zero-order valence-corrected chi connectivity index (χ0v) is 12.7. The molecule has 1 heterocycles. The Bertz CT molecular complexity index is 534. The zero-order chi connectivity index (χ0) is 14.9. The van der Waals surface area contributed by atoms with E-state index in [1.807, 2.05) is 6.07 Å². The summed E-state index contributed by atoms with van der Waals surface area (Å²) in [6.07, 6.45) is 1.23. The molecule has 3 heteroatoms. The van der Waals surface area contributed by atoms with Gasteiger partial charge >= 0.3 is 0 Å². The summed E-state index contributed by atoms with van der Waals surface area (Å²) in [6.45, 7) is 8.38. The molecule has 0 saturated carbocycles. The van der Waals surface area contributed by atoms with Crippen LogP contribution in [-0.2, 0) is 9.59 Å². The molecule has 1 aromatic carbocycles. The zero-order valence-electron chi connectivity index (χ0n) is 12.7. The van der Waals surface area contributed by atoms with Crippen LogP contribution in [0.2, 0.25) is 0 Å². The molecule has 0 bridgehead atoms. The van der Waals surface area contributed by atoms with Crippen LogP contribution in [0.5, 0.6) is 0 Å². The van der Waals surface area contributed by atoms with Crippen molar-refractivity contribution in [2.24, 2.45) is 11.8 Å². The van der Waals surface area contributed by atoms with Crippen LogP contribution in [0.25, 0.3) is 0 Å². The van der Waals surface area contributed by atoms with Crippen LogP contribution in [0.4, 0.5) is 0 Å². The third-order valence-electron chi connectivity index (χ3n) is 4.26. The van der Waals surface area contributed by atoms with Gasteiger partial charge in [-0.25, -0.2) is 0 Å². The predicted octanol–water partition coefficient (Wildman–Crippen LogP) is 3.10. The van der Waals surface area contributed by atoms with Crippen LogP contribution < -0.4 is 5.32 Å². The maximum Gasteiger partial charge on any atom is 0.230 e. The highest BCUT2D eigenvalue weighted by molar-refractivity contribution is 5.99. The van der Waals surface area contributed by atoms with Crippen LogP contribution in [0.15, 0.2) is 18.2 Å². The molecule has 2 amide bonds. The van der Waals surface area contributed by atoms with Crippen molar-refractivity contribution in [2.45, 2.75) is 46.5 Å². The number of aryl methyl sites for hydroxylation is 1. The first kappa shape index (κ1) is 14.8. The third kappa shape index (κ3) is 2.92. The monoisotopic (exact) mass is 273 g/mol. The van der Waals surface area contributed by atoms with Crippen LogP contribution in [-0.4, -0.2) is 11.8 Å². The van der Waals surface area contributed by atoms with Gasteiger partial charge in [-0.05, 0) is 42.9 Å². The molecule has 1 fully saturated rings. The Morgan fingerprint density at radius 1 is 1.25 bits per heavy atom. The molecule has 0 aromatic heterocycles. The van der Waals surface area contributed by atoms with Gasteiger partial charge in [-0.1, -0.05) is 32.0 Å².